The summed E-state index contributed by atoms with van der Waals surface area (Å²) in [5.74, 6) is 0. The van der Waals surface area contributed by atoms with E-state index in [1.807, 2.05) is 0 Å². The largest absolute Gasteiger partial charge is 0.349 e. The van der Waals surface area contributed by atoms with Gasteiger partial charge in [-0.3, -0.25) is 0 Å². The Morgan fingerprint density at radius 1 is 0.325 bits per heavy atom. The zero-order chi connectivity index (χ0) is 27.5. The summed E-state index contributed by atoms with van der Waals surface area (Å²) in [6, 6.07) is 48.6. The van der Waals surface area contributed by atoms with E-state index in [1.165, 1.54) is 45.5 Å². The third-order valence-electron chi connectivity index (χ3n) is 8.28. The van der Waals surface area contributed by atoms with Crippen molar-refractivity contribution in [3.8, 4) is 0 Å². The van der Waals surface area contributed by atoms with Crippen LogP contribution in [0, 0.1) is 0 Å². The highest BCUT2D eigenvalue weighted by Gasteiger charge is 2.52. The summed E-state index contributed by atoms with van der Waals surface area (Å²) in [7, 11) is -4.43. The molecule has 2 aliphatic heterocycles. The van der Waals surface area contributed by atoms with Gasteiger partial charge in [0.1, 0.15) is 0 Å². The molecule has 0 radical (unpaired) electrons. The van der Waals surface area contributed by atoms with E-state index in [0.717, 1.165) is 0 Å². The molecule has 5 aromatic carbocycles. The zero-order valence-electron chi connectivity index (χ0n) is 23.5. The van der Waals surface area contributed by atoms with Crippen LogP contribution in [0.25, 0.3) is 0 Å². The van der Waals surface area contributed by atoms with E-state index in [2.05, 4.69) is 178 Å². The van der Waals surface area contributed by atoms with Gasteiger partial charge in [0.05, 0.1) is 22.7 Å². The maximum Gasteiger partial charge on any atom is 0.267 e. The molecule has 0 saturated carbocycles. The summed E-state index contributed by atoms with van der Waals surface area (Å²) in [4.78, 5) is 0. The highest BCUT2D eigenvalue weighted by Crippen LogP contribution is 2.59. The Balaban J connectivity index is 1.53. The first-order valence-electron chi connectivity index (χ1n) is 14.0. The van der Waals surface area contributed by atoms with Gasteiger partial charge in [-0.25, -0.2) is 0 Å². The Kier molecular flexibility index (Phi) is 5.66. The first kappa shape index (κ1) is 24.8. The fraction of sp³-hybridized carbons (Fsp3) is 0.118. The Bertz CT molecular complexity index is 1410. The number of hydrogen-bond donors (Lipinski definition) is 0. The van der Waals surface area contributed by atoms with Gasteiger partial charge in [-0.05, 0) is 86.9 Å². The summed E-state index contributed by atoms with van der Waals surface area (Å²) < 4.78 is 10.5. The van der Waals surface area contributed by atoms with Crippen LogP contribution in [-0.4, -0.2) is 16.8 Å². The highest BCUT2D eigenvalue weighted by molar-refractivity contribution is 6.90. The molecule has 4 nitrogen and oxygen atoms in total. The maximum absolute atomic E-state index is 2.64. The normalized spacial score (nSPS) is 16.7. The second kappa shape index (κ2) is 9.15. The van der Waals surface area contributed by atoms with E-state index in [9.17, 15) is 0 Å². The number of fused-ring (bicyclic) bond motifs is 2. The van der Waals surface area contributed by atoms with Crippen LogP contribution in [0.2, 0.25) is 26.2 Å². The van der Waals surface area contributed by atoms with Gasteiger partial charge < -0.3 is 18.3 Å². The Morgan fingerprint density at radius 3 is 0.725 bits per heavy atom. The van der Waals surface area contributed by atoms with Crippen molar-refractivity contribution in [1.82, 2.24) is 0 Å². The zero-order valence-corrected chi connectivity index (χ0v) is 25.5. The summed E-state index contributed by atoms with van der Waals surface area (Å²) in [6.45, 7) is 9.84. The second-order valence-electron chi connectivity index (χ2n) is 11.5. The van der Waals surface area contributed by atoms with Gasteiger partial charge in [-0.1, -0.05) is 72.8 Å². The molecule has 0 unspecified atom stereocenters. The molecule has 0 saturated heterocycles. The first-order valence-corrected chi connectivity index (χ1v) is 19.8. The van der Waals surface area contributed by atoms with E-state index in [-0.39, 0.29) is 0 Å². The number of nitrogens with zero attached hydrogens (tertiary/aromatic N) is 4. The molecule has 0 aromatic heterocycles. The molecule has 7 rings (SSSR count). The molecule has 0 N–H and O–H groups in total. The molecular weight excluding hydrogens is 521 g/mol. The lowest BCUT2D eigenvalue weighted by Crippen LogP contribution is -2.54. The summed E-state index contributed by atoms with van der Waals surface area (Å²) in [5, 5.41) is 0. The molecule has 40 heavy (non-hydrogen) atoms. The predicted molar refractivity (Wildman–Crippen MR) is 176 cm³/mol. The first-order chi connectivity index (χ1) is 19.4. The molecule has 0 bridgehead atoms. The molecule has 198 valence electrons. The average molecular weight is 555 g/mol. The molecular formula is C34H34N4Si2. The van der Waals surface area contributed by atoms with Gasteiger partial charge in [0.25, 0.3) is 16.8 Å². The van der Waals surface area contributed by atoms with E-state index in [1.54, 1.807) is 0 Å². The van der Waals surface area contributed by atoms with Gasteiger partial charge in [-0.2, -0.15) is 0 Å². The van der Waals surface area contributed by atoms with Crippen molar-refractivity contribution in [3.63, 3.8) is 0 Å². The monoisotopic (exact) mass is 554 g/mol. The second-order valence-corrected chi connectivity index (χ2v) is 19.3. The van der Waals surface area contributed by atoms with Crippen LogP contribution in [0.3, 0.4) is 0 Å². The Hall–Kier alpha value is -4.27. The fourth-order valence-corrected chi connectivity index (χ4v) is 13.4. The maximum atomic E-state index is 2.64. The minimum atomic E-state index is -2.22. The van der Waals surface area contributed by atoms with Crippen molar-refractivity contribution < 1.29 is 0 Å². The van der Waals surface area contributed by atoms with Crippen molar-refractivity contribution in [3.05, 3.63) is 133 Å². The van der Waals surface area contributed by atoms with Crippen molar-refractivity contribution in [2.75, 3.05) is 18.3 Å². The summed E-state index contributed by atoms with van der Waals surface area (Å²) in [6.07, 6.45) is 0. The topological polar surface area (TPSA) is 13.0 Å². The number of anilines is 8. The third kappa shape index (κ3) is 3.63. The SMILES string of the molecule is C[Si]1(C)N(c2ccccc2)c2cc3c(cc2N1c1ccccc1)N(c1ccccc1)[Si](C)(C)N3c1ccccc1. The average Bonchev–Trinajstić information content (AvgIpc) is 3.34. The summed E-state index contributed by atoms with van der Waals surface area (Å²) in [5.41, 5.74) is 10.1. The molecule has 2 heterocycles. The number of para-hydroxylation sites is 4. The van der Waals surface area contributed by atoms with E-state index in [0.29, 0.717) is 0 Å². The third-order valence-corrected chi connectivity index (χ3v) is 14.7. The van der Waals surface area contributed by atoms with Crippen molar-refractivity contribution in [1.29, 1.82) is 0 Å². The molecule has 0 atom stereocenters. The molecule has 0 fully saturated rings. The van der Waals surface area contributed by atoms with Crippen LogP contribution in [0.15, 0.2) is 133 Å². The van der Waals surface area contributed by atoms with Gasteiger partial charge in [0.2, 0.25) is 0 Å². The van der Waals surface area contributed by atoms with Gasteiger partial charge >= 0.3 is 0 Å². The highest BCUT2D eigenvalue weighted by atomic mass is 28.4. The van der Waals surface area contributed by atoms with Gasteiger partial charge in [-0.15, -0.1) is 0 Å². The molecule has 0 spiro atoms. The number of hydrogen-bond acceptors (Lipinski definition) is 4. The van der Waals surface area contributed by atoms with Crippen LogP contribution in [0.5, 0.6) is 0 Å². The lowest BCUT2D eigenvalue weighted by molar-refractivity contribution is 1.30. The molecule has 2 aliphatic rings. The van der Waals surface area contributed by atoms with Gasteiger partial charge in [0.15, 0.2) is 0 Å². The molecule has 0 amide bonds. The van der Waals surface area contributed by atoms with Crippen LogP contribution in [0.1, 0.15) is 0 Å². The smallest absolute Gasteiger partial charge is 0.267 e. The lowest BCUT2D eigenvalue weighted by Gasteiger charge is -2.39. The van der Waals surface area contributed by atoms with Crippen molar-refractivity contribution in [2.24, 2.45) is 0 Å². The minimum absolute atomic E-state index is 1.25. The van der Waals surface area contributed by atoms with Gasteiger partial charge in [0, 0.05) is 22.7 Å². The Labute approximate surface area is 239 Å². The Morgan fingerprint density at radius 2 is 0.525 bits per heavy atom. The number of benzene rings is 5. The fourth-order valence-electron chi connectivity index (χ4n) is 6.78. The van der Waals surface area contributed by atoms with Crippen molar-refractivity contribution in [2.45, 2.75) is 26.2 Å². The minimum Gasteiger partial charge on any atom is -0.349 e. The standard InChI is InChI=1S/C34H34N4Si2/c1-39(2)35(27-17-9-5-10-18-27)31-25-33-34(26-32(31)36(39)28-19-11-6-12-20-28)38(30-23-15-8-16-24-30)40(3,4)37(33)29-21-13-7-14-22-29/h5-26H,1-4H3. The molecule has 5 aromatic rings. The van der Waals surface area contributed by atoms with Crippen LogP contribution >= 0.6 is 0 Å². The molecule has 0 aliphatic carbocycles. The summed E-state index contributed by atoms with van der Waals surface area (Å²) >= 11 is 0. The van der Waals surface area contributed by atoms with Crippen LogP contribution in [0.4, 0.5) is 45.5 Å². The number of rotatable bonds is 4. The van der Waals surface area contributed by atoms with Crippen LogP contribution < -0.4 is 18.3 Å². The predicted octanol–water partition coefficient (Wildman–Crippen LogP) is 9.67. The van der Waals surface area contributed by atoms with Crippen LogP contribution in [-0.2, 0) is 0 Å². The van der Waals surface area contributed by atoms with Crippen molar-refractivity contribution >= 4 is 62.3 Å². The van der Waals surface area contributed by atoms with E-state index < -0.39 is 16.8 Å². The van der Waals surface area contributed by atoms with E-state index in [4.69, 9.17) is 0 Å². The van der Waals surface area contributed by atoms with E-state index >= 15 is 0 Å². The lowest BCUT2D eigenvalue weighted by atomic mass is 10.1. The quantitative estimate of drug-likeness (QED) is 0.205. The molecule has 6 heteroatoms.